The zero-order valence-electron chi connectivity index (χ0n) is 11.8. The number of aryl methyl sites for hydroxylation is 1. The quantitative estimate of drug-likeness (QED) is 0.740. The molecule has 0 saturated heterocycles. The number of amides is 1. The lowest BCUT2D eigenvalue weighted by Gasteiger charge is -1.99. The summed E-state index contributed by atoms with van der Waals surface area (Å²) in [6.45, 7) is 1.87. The third-order valence-corrected chi connectivity index (χ3v) is 6.44. The Kier molecular flexibility index (Phi) is 3.56. The number of anilines is 1. The molecule has 0 atom stereocenters. The number of aromatic nitrogens is 2. The summed E-state index contributed by atoms with van der Waals surface area (Å²) < 4.78 is 0. The van der Waals surface area contributed by atoms with Crippen molar-refractivity contribution in [3.63, 3.8) is 0 Å². The molecule has 22 heavy (non-hydrogen) atoms. The van der Waals surface area contributed by atoms with Crippen LogP contribution in [0.15, 0.2) is 22.9 Å². The van der Waals surface area contributed by atoms with Crippen molar-refractivity contribution in [3.05, 3.63) is 39.2 Å². The molecule has 3 heterocycles. The van der Waals surface area contributed by atoms with Crippen LogP contribution in [0.2, 0.25) is 0 Å². The Morgan fingerprint density at radius 2 is 2.18 bits per heavy atom. The Morgan fingerprint density at radius 1 is 1.32 bits per heavy atom. The summed E-state index contributed by atoms with van der Waals surface area (Å²) >= 11 is 4.56. The minimum absolute atomic E-state index is 0.116. The number of carbonyl (C=O) groups excluding carboxylic acids is 1. The van der Waals surface area contributed by atoms with E-state index in [4.69, 9.17) is 0 Å². The summed E-state index contributed by atoms with van der Waals surface area (Å²) in [6, 6.07) is 4.01. The topological polar surface area (TPSA) is 54.9 Å². The molecule has 3 aromatic rings. The van der Waals surface area contributed by atoms with Crippen LogP contribution >= 0.6 is 34.0 Å². The van der Waals surface area contributed by atoms with Crippen molar-refractivity contribution < 1.29 is 4.79 Å². The average Bonchev–Trinajstić information content (AvgIpc) is 2.94. The molecule has 1 saturated carbocycles. The zero-order valence-corrected chi connectivity index (χ0v) is 14.3. The molecule has 1 aliphatic carbocycles. The summed E-state index contributed by atoms with van der Waals surface area (Å²) in [5.41, 5.74) is 1.88. The number of hydrogen-bond donors (Lipinski definition) is 1. The highest BCUT2D eigenvalue weighted by atomic mass is 32.1. The van der Waals surface area contributed by atoms with E-state index in [0.29, 0.717) is 15.9 Å². The van der Waals surface area contributed by atoms with Crippen LogP contribution in [-0.2, 0) is 0 Å². The summed E-state index contributed by atoms with van der Waals surface area (Å²) in [4.78, 5) is 23.2. The van der Waals surface area contributed by atoms with Gasteiger partial charge in [0.15, 0.2) is 5.13 Å². The minimum atomic E-state index is -0.116. The summed E-state index contributed by atoms with van der Waals surface area (Å²) in [5.74, 6) is 0.493. The molecule has 1 aliphatic rings. The van der Waals surface area contributed by atoms with E-state index in [1.807, 2.05) is 29.8 Å². The van der Waals surface area contributed by atoms with Crippen LogP contribution in [-0.4, -0.2) is 15.9 Å². The van der Waals surface area contributed by atoms with E-state index in [0.717, 1.165) is 21.3 Å². The van der Waals surface area contributed by atoms with Gasteiger partial charge in [-0.15, -0.1) is 34.0 Å². The standard InChI is InChI=1S/C15H13N3OS3/c1-8-12(22-14(16-8)11-3-2-6-20-11)13(19)18-15-17-10(7-21-15)9-4-5-9/h2-3,6-7,9H,4-5H2,1H3,(H,17,18,19). The smallest absolute Gasteiger partial charge is 0.269 e. The van der Waals surface area contributed by atoms with Crippen molar-refractivity contribution >= 4 is 45.0 Å². The molecule has 0 aliphatic heterocycles. The second kappa shape index (κ2) is 5.57. The first-order valence-corrected chi connectivity index (χ1v) is 9.56. The van der Waals surface area contributed by atoms with E-state index in [-0.39, 0.29) is 5.91 Å². The number of nitrogens with zero attached hydrogens (tertiary/aromatic N) is 2. The van der Waals surface area contributed by atoms with Crippen LogP contribution in [0, 0.1) is 6.92 Å². The largest absolute Gasteiger partial charge is 0.297 e. The lowest BCUT2D eigenvalue weighted by Crippen LogP contribution is -2.11. The molecule has 3 aromatic heterocycles. The van der Waals surface area contributed by atoms with E-state index in [2.05, 4.69) is 15.3 Å². The van der Waals surface area contributed by atoms with Crippen molar-refractivity contribution in [2.24, 2.45) is 0 Å². The highest BCUT2D eigenvalue weighted by Crippen LogP contribution is 2.41. The molecule has 1 N–H and O–H groups in total. The molecule has 0 bridgehead atoms. The van der Waals surface area contributed by atoms with Crippen LogP contribution < -0.4 is 5.32 Å². The fraction of sp³-hybridized carbons (Fsp3) is 0.267. The fourth-order valence-electron chi connectivity index (χ4n) is 2.18. The molecule has 112 valence electrons. The van der Waals surface area contributed by atoms with Crippen LogP contribution in [0.4, 0.5) is 5.13 Å². The molecular weight excluding hydrogens is 334 g/mol. The van der Waals surface area contributed by atoms with Gasteiger partial charge in [0, 0.05) is 11.3 Å². The maximum Gasteiger partial charge on any atom is 0.269 e. The maximum atomic E-state index is 12.4. The van der Waals surface area contributed by atoms with Gasteiger partial charge in [-0.05, 0) is 31.2 Å². The van der Waals surface area contributed by atoms with Gasteiger partial charge in [-0.1, -0.05) is 6.07 Å². The highest BCUT2D eigenvalue weighted by molar-refractivity contribution is 7.22. The SMILES string of the molecule is Cc1nc(-c2cccs2)sc1C(=O)Nc1nc(C2CC2)cs1. The van der Waals surface area contributed by atoms with Gasteiger partial charge in [0.1, 0.15) is 9.88 Å². The Hall–Kier alpha value is -1.57. The van der Waals surface area contributed by atoms with Gasteiger partial charge < -0.3 is 0 Å². The fourth-order valence-corrected chi connectivity index (χ4v) is 4.72. The van der Waals surface area contributed by atoms with Crippen molar-refractivity contribution in [2.45, 2.75) is 25.7 Å². The molecule has 0 spiro atoms. The summed E-state index contributed by atoms with van der Waals surface area (Å²) in [5, 5.41) is 8.54. The van der Waals surface area contributed by atoms with Gasteiger partial charge in [-0.3, -0.25) is 10.1 Å². The number of thiazole rings is 2. The predicted molar refractivity (Wildman–Crippen MR) is 92.2 cm³/mol. The Morgan fingerprint density at radius 3 is 2.91 bits per heavy atom. The molecular formula is C15H13N3OS3. The van der Waals surface area contributed by atoms with Gasteiger partial charge in [0.05, 0.1) is 16.3 Å². The normalized spacial score (nSPS) is 14.2. The number of rotatable bonds is 4. The minimum Gasteiger partial charge on any atom is -0.297 e. The monoisotopic (exact) mass is 347 g/mol. The number of thiophene rings is 1. The Labute approximate surface area is 139 Å². The number of carbonyl (C=O) groups is 1. The Balaban J connectivity index is 1.54. The van der Waals surface area contributed by atoms with E-state index in [1.165, 1.54) is 35.5 Å². The first-order chi connectivity index (χ1) is 10.7. The maximum absolute atomic E-state index is 12.4. The van der Waals surface area contributed by atoms with Gasteiger partial charge in [0.25, 0.3) is 5.91 Å². The molecule has 4 rings (SSSR count). The first-order valence-electron chi connectivity index (χ1n) is 6.99. The van der Waals surface area contributed by atoms with Crippen LogP contribution in [0.1, 0.15) is 39.8 Å². The van der Waals surface area contributed by atoms with Gasteiger partial charge in [0.2, 0.25) is 0 Å². The molecule has 0 aromatic carbocycles. The molecule has 0 radical (unpaired) electrons. The molecule has 1 amide bonds. The molecule has 1 fully saturated rings. The second-order valence-electron chi connectivity index (χ2n) is 5.22. The third kappa shape index (κ3) is 2.71. The predicted octanol–water partition coefficient (Wildman–Crippen LogP) is 4.77. The van der Waals surface area contributed by atoms with Gasteiger partial charge >= 0.3 is 0 Å². The van der Waals surface area contributed by atoms with E-state index in [9.17, 15) is 4.79 Å². The van der Waals surface area contributed by atoms with Gasteiger partial charge in [-0.25, -0.2) is 9.97 Å². The van der Waals surface area contributed by atoms with E-state index < -0.39 is 0 Å². The summed E-state index contributed by atoms with van der Waals surface area (Å²) in [7, 11) is 0. The van der Waals surface area contributed by atoms with E-state index in [1.54, 1.807) is 11.3 Å². The molecule has 0 unspecified atom stereocenters. The molecule has 7 heteroatoms. The second-order valence-corrected chi connectivity index (χ2v) is 8.02. The lowest BCUT2D eigenvalue weighted by atomic mass is 10.3. The summed E-state index contributed by atoms with van der Waals surface area (Å²) in [6.07, 6.45) is 2.44. The van der Waals surface area contributed by atoms with Crippen molar-refractivity contribution in [3.8, 4) is 9.88 Å². The Bertz CT molecular complexity index is 815. The third-order valence-electron chi connectivity index (χ3n) is 3.47. The van der Waals surface area contributed by atoms with Crippen LogP contribution in [0.25, 0.3) is 9.88 Å². The number of hydrogen-bond acceptors (Lipinski definition) is 6. The lowest BCUT2D eigenvalue weighted by molar-refractivity contribution is 0.103. The molecule has 4 nitrogen and oxygen atoms in total. The number of nitrogens with one attached hydrogen (secondary N) is 1. The van der Waals surface area contributed by atoms with Crippen LogP contribution in [0.5, 0.6) is 0 Å². The van der Waals surface area contributed by atoms with Crippen molar-refractivity contribution in [1.82, 2.24) is 9.97 Å². The average molecular weight is 347 g/mol. The van der Waals surface area contributed by atoms with Crippen LogP contribution in [0.3, 0.4) is 0 Å². The van der Waals surface area contributed by atoms with Gasteiger partial charge in [-0.2, -0.15) is 0 Å². The van der Waals surface area contributed by atoms with Crippen molar-refractivity contribution in [2.75, 3.05) is 5.32 Å². The van der Waals surface area contributed by atoms with Crippen molar-refractivity contribution in [1.29, 1.82) is 0 Å². The first kappa shape index (κ1) is 14.0. The highest BCUT2D eigenvalue weighted by Gasteiger charge is 2.26. The van der Waals surface area contributed by atoms with E-state index >= 15 is 0 Å². The zero-order chi connectivity index (χ0) is 15.1.